The van der Waals surface area contributed by atoms with Crippen LogP contribution in [0.1, 0.15) is 22.7 Å². The van der Waals surface area contributed by atoms with Crippen molar-refractivity contribution >= 4 is 17.4 Å². The molecule has 1 heterocycles. The number of benzene rings is 2. The molecule has 2 N–H and O–H groups in total. The van der Waals surface area contributed by atoms with Crippen molar-refractivity contribution in [3.8, 4) is 0 Å². The maximum atomic E-state index is 14.6. The van der Waals surface area contributed by atoms with Gasteiger partial charge in [0.2, 0.25) is 0 Å². The zero-order valence-electron chi connectivity index (χ0n) is 16.0. The van der Waals surface area contributed by atoms with Crippen LogP contribution in [-0.4, -0.2) is 53.2 Å². The zero-order valence-corrected chi connectivity index (χ0v) is 16.0. The largest absolute Gasteiger partial charge is 0.507 e. The van der Waals surface area contributed by atoms with Gasteiger partial charge in [-0.3, -0.25) is 9.59 Å². The molecule has 0 radical (unpaired) electrons. The second kappa shape index (κ2) is 8.98. The van der Waals surface area contributed by atoms with Crippen LogP contribution in [0, 0.1) is 12.7 Å². The quantitative estimate of drug-likeness (QED) is 0.323. The number of ether oxygens (including phenoxy) is 1. The number of hydrogen-bond acceptors (Lipinski definition) is 5. The summed E-state index contributed by atoms with van der Waals surface area (Å²) in [5.74, 6) is -2.65. The average molecular weight is 399 g/mol. The van der Waals surface area contributed by atoms with Crippen molar-refractivity contribution in [3.63, 3.8) is 0 Å². The van der Waals surface area contributed by atoms with Crippen LogP contribution >= 0.6 is 0 Å². The van der Waals surface area contributed by atoms with E-state index in [1.54, 1.807) is 30.3 Å². The van der Waals surface area contributed by atoms with Crippen LogP contribution in [0.25, 0.3) is 5.76 Å². The summed E-state index contributed by atoms with van der Waals surface area (Å²) in [5, 5.41) is 19.7. The molecule has 0 bridgehead atoms. The number of aliphatic hydroxyl groups excluding tert-OH is 2. The SMILES string of the molecule is Cc1ccc(C(O)=C2C(=O)C(=O)N(CCOCCO)[C@@H]2c2ccccc2F)cc1. The van der Waals surface area contributed by atoms with Gasteiger partial charge in [-0.1, -0.05) is 48.0 Å². The van der Waals surface area contributed by atoms with Gasteiger partial charge >= 0.3 is 0 Å². The fourth-order valence-electron chi connectivity index (χ4n) is 3.33. The number of aryl methyl sites for hydroxylation is 1. The summed E-state index contributed by atoms with van der Waals surface area (Å²) in [5.41, 5.74) is 1.29. The topological polar surface area (TPSA) is 87.1 Å². The molecule has 1 fully saturated rings. The Morgan fingerprint density at radius 1 is 1.10 bits per heavy atom. The van der Waals surface area contributed by atoms with Gasteiger partial charge in [-0.25, -0.2) is 4.39 Å². The summed E-state index contributed by atoms with van der Waals surface area (Å²) in [6, 6.07) is 11.6. The minimum absolute atomic E-state index is 0.00819. The van der Waals surface area contributed by atoms with Crippen molar-refractivity contribution < 1.29 is 28.9 Å². The monoisotopic (exact) mass is 399 g/mol. The predicted octanol–water partition coefficient (Wildman–Crippen LogP) is 2.56. The third-order valence-electron chi connectivity index (χ3n) is 4.78. The number of amides is 1. The summed E-state index contributed by atoms with van der Waals surface area (Å²) in [4.78, 5) is 26.6. The first-order valence-corrected chi connectivity index (χ1v) is 9.24. The second-order valence-electron chi connectivity index (χ2n) is 6.72. The van der Waals surface area contributed by atoms with E-state index in [2.05, 4.69) is 0 Å². The van der Waals surface area contributed by atoms with Crippen LogP contribution in [0.2, 0.25) is 0 Å². The third-order valence-corrected chi connectivity index (χ3v) is 4.78. The number of ketones is 1. The van der Waals surface area contributed by atoms with Crippen molar-refractivity contribution in [2.24, 2.45) is 0 Å². The standard InChI is InChI=1S/C22H22FNO5/c1-14-6-8-15(9-7-14)20(26)18-19(16-4-2-3-5-17(16)23)24(22(28)21(18)27)10-12-29-13-11-25/h2-9,19,25-26H,10-13H2,1H3/t19-/m1/s1. The number of hydrogen-bond donors (Lipinski definition) is 2. The van der Waals surface area contributed by atoms with E-state index < -0.39 is 23.5 Å². The van der Waals surface area contributed by atoms with Crippen molar-refractivity contribution in [2.75, 3.05) is 26.4 Å². The lowest BCUT2D eigenvalue weighted by Gasteiger charge is -2.25. The third kappa shape index (κ3) is 4.21. The Labute approximate surface area is 167 Å². The average Bonchev–Trinajstić information content (AvgIpc) is 2.96. The molecule has 0 saturated carbocycles. The van der Waals surface area contributed by atoms with Crippen LogP contribution in [0.4, 0.5) is 4.39 Å². The van der Waals surface area contributed by atoms with Crippen molar-refractivity contribution in [3.05, 3.63) is 76.6 Å². The molecule has 1 aliphatic heterocycles. The molecule has 1 saturated heterocycles. The highest BCUT2D eigenvalue weighted by Crippen LogP contribution is 2.40. The zero-order chi connectivity index (χ0) is 21.0. The number of aliphatic hydroxyl groups is 2. The summed E-state index contributed by atoms with van der Waals surface area (Å²) >= 11 is 0. The van der Waals surface area contributed by atoms with E-state index in [9.17, 15) is 19.1 Å². The van der Waals surface area contributed by atoms with E-state index in [1.807, 2.05) is 6.92 Å². The van der Waals surface area contributed by atoms with Gasteiger partial charge in [-0.15, -0.1) is 0 Å². The Balaban J connectivity index is 2.08. The molecule has 0 aliphatic carbocycles. The molecule has 0 aromatic heterocycles. The maximum absolute atomic E-state index is 14.6. The van der Waals surface area contributed by atoms with Gasteiger partial charge in [0, 0.05) is 17.7 Å². The van der Waals surface area contributed by atoms with Crippen LogP contribution in [0.15, 0.2) is 54.1 Å². The lowest BCUT2D eigenvalue weighted by atomic mass is 9.94. The minimum Gasteiger partial charge on any atom is -0.507 e. The van der Waals surface area contributed by atoms with Gasteiger partial charge in [0.05, 0.1) is 31.4 Å². The maximum Gasteiger partial charge on any atom is 0.295 e. The van der Waals surface area contributed by atoms with E-state index in [0.717, 1.165) is 5.56 Å². The molecule has 6 nitrogen and oxygen atoms in total. The van der Waals surface area contributed by atoms with E-state index >= 15 is 0 Å². The predicted molar refractivity (Wildman–Crippen MR) is 104 cm³/mol. The van der Waals surface area contributed by atoms with Gasteiger partial charge in [-0.2, -0.15) is 0 Å². The van der Waals surface area contributed by atoms with Crippen LogP contribution in [-0.2, 0) is 14.3 Å². The fourth-order valence-corrected chi connectivity index (χ4v) is 3.33. The van der Waals surface area contributed by atoms with Gasteiger partial charge in [0.15, 0.2) is 0 Å². The number of likely N-dealkylation sites (tertiary alicyclic amines) is 1. The molecule has 152 valence electrons. The molecule has 0 unspecified atom stereocenters. The number of halogens is 1. The van der Waals surface area contributed by atoms with E-state index in [4.69, 9.17) is 9.84 Å². The fraction of sp³-hybridized carbons (Fsp3) is 0.273. The Morgan fingerprint density at radius 2 is 1.79 bits per heavy atom. The molecule has 2 aromatic rings. The summed E-state index contributed by atoms with van der Waals surface area (Å²) < 4.78 is 19.8. The molecule has 1 aliphatic rings. The number of carbonyl (C=O) groups is 2. The lowest BCUT2D eigenvalue weighted by Crippen LogP contribution is -2.33. The highest BCUT2D eigenvalue weighted by atomic mass is 19.1. The second-order valence-corrected chi connectivity index (χ2v) is 6.72. The van der Waals surface area contributed by atoms with Crippen molar-refractivity contribution in [2.45, 2.75) is 13.0 Å². The molecule has 1 amide bonds. The number of Topliss-reactive ketones (excluding diaryl/α,β-unsaturated/α-hetero) is 1. The number of carbonyl (C=O) groups excluding carboxylic acids is 2. The van der Waals surface area contributed by atoms with Gasteiger partial charge in [0.1, 0.15) is 11.6 Å². The Kier molecular flexibility index (Phi) is 6.41. The Morgan fingerprint density at radius 3 is 2.45 bits per heavy atom. The summed E-state index contributed by atoms with van der Waals surface area (Å²) in [6.07, 6.45) is 0. The van der Waals surface area contributed by atoms with Crippen LogP contribution in [0.3, 0.4) is 0 Å². The van der Waals surface area contributed by atoms with E-state index in [0.29, 0.717) is 5.56 Å². The van der Waals surface area contributed by atoms with E-state index in [1.165, 1.54) is 23.1 Å². The highest BCUT2D eigenvalue weighted by Gasteiger charge is 2.46. The molecule has 1 atom stereocenters. The summed E-state index contributed by atoms with van der Waals surface area (Å²) in [6.45, 7) is 1.85. The van der Waals surface area contributed by atoms with E-state index in [-0.39, 0.29) is 43.3 Å². The van der Waals surface area contributed by atoms with Crippen molar-refractivity contribution in [1.29, 1.82) is 0 Å². The Hall–Kier alpha value is -3.03. The van der Waals surface area contributed by atoms with Gasteiger partial charge in [-0.05, 0) is 13.0 Å². The first-order valence-electron chi connectivity index (χ1n) is 9.24. The van der Waals surface area contributed by atoms with Crippen LogP contribution < -0.4 is 0 Å². The first-order chi connectivity index (χ1) is 14.0. The van der Waals surface area contributed by atoms with Crippen LogP contribution in [0.5, 0.6) is 0 Å². The molecule has 0 spiro atoms. The Bertz CT molecular complexity index is 938. The smallest absolute Gasteiger partial charge is 0.295 e. The molecular formula is C22H22FNO5. The lowest BCUT2D eigenvalue weighted by molar-refractivity contribution is -0.140. The number of rotatable bonds is 7. The minimum atomic E-state index is -1.07. The molecule has 29 heavy (non-hydrogen) atoms. The van der Waals surface area contributed by atoms with Gasteiger partial charge < -0.3 is 19.8 Å². The molecule has 7 heteroatoms. The first kappa shape index (κ1) is 20.7. The highest BCUT2D eigenvalue weighted by molar-refractivity contribution is 6.46. The van der Waals surface area contributed by atoms with Gasteiger partial charge in [0.25, 0.3) is 11.7 Å². The molecule has 2 aromatic carbocycles. The summed E-state index contributed by atoms with van der Waals surface area (Å²) in [7, 11) is 0. The molecular weight excluding hydrogens is 377 g/mol. The van der Waals surface area contributed by atoms with Crippen molar-refractivity contribution in [1.82, 2.24) is 4.90 Å². The molecule has 3 rings (SSSR count). The number of nitrogens with zero attached hydrogens (tertiary/aromatic N) is 1. The normalized spacial score (nSPS) is 18.4.